The molecule has 0 fully saturated rings. The summed E-state index contributed by atoms with van der Waals surface area (Å²) in [6.45, 7) is -0.628. The molecule has 0 unspecified atom stereocenters. The average Bonchev–Trinajstić information content (AvgIpc) is 3.60. The highest BCUT2D eigenvalue weighted by Gasteiger charge is 2.22. The summed E-state index contributed by atoms with van der Waals surface area (Å²) in [5.74, 6) is -1.93. The Bertz CT molecular complexity index is 1830. The largest absolute Gasteiger partial charge is 0.493 e. The second-order valence-corrected chi connectivity index (χ2v) is 10.4. The van der Waals surface area contributed by atoms with E-state index in [-0.39, 0.29) is 12.3 Å². The number of carbonyl (C=O) groups is 3. The zero-order valence-corrected chi connectivity index (χ0v) is 24.7. The third-order valence-corrected chi connectivity index (χ3v) is 7.14. The number of rotatable bonds is 14. The molecule has 0 bridgehead atoms. The van der Waals surface area contributed by atoms with Gasteiger partial charge in [0.2, 0.25) is 17.7 Å². The zero-order valence-electron chi connectivity index (χ0n) is 24.7. The topological polar surface area (TPSA) is 203 Å². The van der Waals surface area contributed by atoms with Crippen LogP contribution < -0.4 is 21.6 Å². The smallest absolute Gasteiger partial charge is 0.408 e. The number of ether oxygens (including phenoxy) is 1. The number of aromatic nitrogens is 4. The number of fused-ring (bicyclic) bond motifs is 1. The van der Waals surface area contributed by atoms with Gasteiger partial charge in [-0.1, -0.05) is 66.7 Å². The molecule has 5 aromatic rings. The lowest BCUT2D eigenvalue weighted by Gasteiger charge is -2.15. The zero-order chi connectivity index (χ0) is 32.5. The molecule has 14 nitrogen and oxygen atoms in total. The number of imidazole rings is 2. The highest BCUT2D eigenvalue weighted by atomic mass is 16.5. The number of carbonyl (C=O) groups excluding carboxylic acids is 2. The number of anilines is 1. The first-order valence-corrected chi connectivity index (χ1v) is 14.5. The highest BCUT2D eigenvalue weighted by molar-refractivity contribution is 5.82. The molecule has 0 aliphatic heterocycles. The Balaban J connectivity index is 1.05. The monoisotopic (exact) mass is 627 g/mol. The number of hydrogen-bond acceptors (Lipinski definition) is 8. The number of aromatic amines is 2. The van der Waals surface area contributed by atoms with E-state index < -0.39 is 48.7 Å². The molecule has 5 rings (SSSR count). The van der Waals surface area contributed by atoms with Gasteiger partial charge in [-0.3, -0.25) is 9.36 Å². The first-order chi connectivity index (χ1) is 22.3. The number of alkyl carbamates (subject to hydrolysis) is 1. The summed E-state index contributed by atoms with van der Waals surface area (Å²) in [4.78, 5) is 59.0. The number of benzene rings is 3. The normalized spacial score (nSPS) is 11.6. The van der Waals surface area contributed by atoms with Crippen LogP contribution in [0.3, 0.4) is 0 Å². The Labute approximate surface area is 262 Å². The lowest BCUT2D eigenvalue weighted by molar-refractivity contribution is -0.139. The van der Waals surface area contributed by atoms with Gasteiger partial charge in [0.25, 0.3) is 0 Å². The van der Waals surface area contributed by atoms with E-state index in [1.807, 2.05) is 66.7 Å². The minimum atomic E-state index is -1.50. The maximum Gasteiger partial charge on any atom is 0.408 e. The van der Waals surface area contributed by atoms with Crippen molar-refractivity contribution >= 4 is 35.0 Å². The van der Waals surface area contributed by atoms with Gasteiger partial charge in [0.15, 0.2) is 0 Å². The maximum absolute atomic E-state index is 12.5. The summed E-state index contributed by atoms with van der Waals surface area (Å²) in [6, 6.07) is 23.2. The Kier molecular flexibility index (Phi) is 9.97. The number of nitrogens with one attached hydrogen (secondary N) is 5. The van der Waals surface area contributed by atoms with Crippen molar-refractivity contribution in [1.29, 1.82) is 0 Å². The van der Waals surface area contributed by atoms with Crippen LogP contribution in [0.1, 0.15) is 17.7 Å². The summed E-state index contributed by atoms with van der Waals surface area (Å²) in [6.07, 6.45) is -0.127. The summed E-state index contributed by atoms with van der Waals surface area (Å²) < 4.78 is 6.00. The third kappa shape index (κ3) is 8.11. The van der Waals surface area contributed by atoms with E-state index >= 15 is 0 Å². The van der Waals surface area contributed by atoms with Gasteiger partial charge in [-0.25, -0.2) is 19.4 Å². The molecule has 2 aromatic heterocycles. The van der Waals surface area contributed by atoms with Gasteiger partial charge in [-0.15, -0.1) is 0 Å². The van der Waals surface area contributed by atoms with Gasteiger partial charge in [0.05, 0.1) is 16.7 Å². The van der Waals surface area contributed by atoms with Crippen LogP contribution in [0.4, 0.5) is 10.7 Å². The number of hydrogen-bond donors (Lipinski definition) is 7. The Morgan fingerprint density at radius 1 is 0.935 bits per heavy atom. The van der Waals surface area contributed by atoms with Crippen LogP contribution in [0.2, 0.25) is 0 Å². The maximum atomic E-state index is 12.5. The fourth-order valence-electron chi connectivity index (χ4n) is 4.71. The van der Waals surface area contributed by atoms with Gasteiger partial charge >= 0.3 is 17.8 Å². The highest BCUT2D eigenvalue weighted by Crippen LogP contribution is 2.20. The molecule has 0 spiro atoms. The first-order valence-electron chi connectivity index (χ1n) is 14.5. The molecule has 3 aromatic carbocycles. The summed E-state index contributed by atoms with van der Waals surface area (Å²) in [5, 5.41) is 27.8. The molecule has 0 aliphatic rings. The van der Waals surface area contributed by atoms with Crippen molar-refractivity contribution in [1.82, 2.24) is 30.2 Å². The lowest BCUT2D eigenvalue weighted by atomic mass is 10.0. The molecule has 0 saturated heterocycles. The first kappa shape index (κ1) is 31.4. The van der Waals surface area contributed by atoms with Crippen LogP contribution in [0.15, 0.2) is 83.7 Å². The van der Waals surface area contributed by atoms with E-state index in [0.29, 0.717) is 30.9 Å². The number of H-pyrrole nitrogens is 2. The predicted octanol–water partition coefficient (Wildman–Crippen LogP) is 2.97. The molecular formula is C32H33N7O7. The number of amides is 2. The fourth-order valence-corrected chi connectivity index (χ4v) is 4.71. The second kappa shape index (κ2) is 14.6. The summed E-state index contributed by atoms with van der Waals surface area (Å²) in [7, 11) is 0. The van der Waals surface area contributed by atoms with Crippen LogP contribution in [-0.2, 0) is 33.9 Å². The molecule has 238 valence electrons. The van der Waals surface area contributed by atoms with Gasteiger partial charge in [0, 0.05) is 13.1 Å². The van der Waals surface area contributed by atoms with Gasteiger partial charge in [-0.05, 0) is 41.7 Å². The van der Waals surface area contributed by atoms with Crippen molar-refractivity contribution in [3.8, 4) is 17.0 Å². The van der Waals surface area contributed by atoms with E-state index in [0.717, 1.165) is 26.7 Å². The van der Waals surface area contributed by atoms with Crippen LogP contribution in [0, 0.1) is 0 Å². The lowest BCUT2D eigenvalue weighted by Crippen LogP contribution is -2.49. The summed E-state index contributed by atoms with van der Waals surface area (Å²) >= 11 is 0. The minimum absolute atomic E-state index is 0.0897. The number of aliphatic carboxylic acids is 1. The quantitative estimate of drug-likeness (QED) is 0.0903. The average molecular weight is 628 g/mol. The number of nitrogens with zero attached hydrogens (tertiary/aromatic N) is 2. The van der Waals surface area contributed by atoms with Crippen LogP contribution in [-0.4, -0.2) is 66.8 Å². The van der Waals surface area contributed by atoms with Crippen molar-refractivity contribution in [3.63, 3.8) is 0 Å². The molecule has 2 heterocycles. The Morgan fingerprint density at radius 3 is 2.39 bits per heavy atom. The van der Waals surface area contributed by atoms with Crippen molar-refractivity contribution in [3.05, 3.63) is 101 Å². The number of aromatic hydroxyl groups is 1. The fraction of sp³-hybridized carbons (Fsp3) is 0.219. The number of carboxylic acids is 1. The van der Waals surface area contributed by atoms with E-state index in [1.54, 1.807) is 12.1 Å². The third-order valence-electron chi connectivity index (χ3n) is 7.14. The Hall–Kier alpha value is -6.05. The van der Waals surface area contributed by atoms with Gasteiger partial charge in [-0.2, -0.15) is 0 Å². The van der Waals surface area contributed by atoms with Gasteiger partial charge < -0.3 is 40.9 Å². The second-order valence-electron chi connectivity index (χ2n) is 10.4. The number of para-hydroxylation sites is 2. The SMILES string of the molecule is O=C(Cn1c(O)c(CCCNc2nc3ccccc3[nH]2)[nH]c1=O)NC[C@H](NC(=O)OCc1ccc(-c2ccccc2)cc1)C(=O)O. The van der Waals surface area contributed by atoms with Crippen molar-refractivity contribution in [2.24, 2.45) is 0 Å². The van der Waals surface area contributed by atoms with Crippen LogP contribution in [0.5, 0.6) is 5.88 Å². The summed E-state index contributed by atoms with van der Waals surface area (Å²) in [5.41, 5.74) is 4.03. The van der Waals surface area contributed by atoms with Gasteiger partial charge in [0.1, 0.15) is 19.2 Å². The van der Waals surface area contributed by atoms with Crippen molar-refractivity contribution in [2.75, 3.05) is 18.4 Å². The molecule has 7 N–H and O–H groups in total. The molecular weight excluding hydrogens is 594 g/mol. The molecule has 46 heavy (non-hydrogen) atoms. The van der Waals surface area contributed by atoms with E-state index in [1.165, 1.54) is 0 Å². The van der Waals surface area contributed by atoms with E-state index in [2.05, 4.69) is 30.9 Å². The number of carboxylic acid groups (broad SMARTS) is 1. The van der Waals surface area contributed by atoms with Crippen molar-refractivity contribution < 1.29 is 29.3 Å². The molecule has 14 heteroatoms. The van der Waals surface area contributed by atoms with Crippen molar-refractivity contribution in [2.45, 2.75) is 32.0 Å². The van der Waals surface area contributed by atoms with Crippen LogP contribution >= 0.6 is 0 Å². The molecule has 1 atom stereocenters. The number of aryl methyl sites for hydroxylation is 1. The minimum Gasteiger partial charge on any atom is -0.493 e. The standard InChI is InChI=1S/C32H33N7O7/c40-27(18-39-28(41)25(37-31(39)44)11-6-16-33-30-35-23-9-4-5-10-24(23)36-30)34-17-26(29(42)43)38-32(45)46-19-20-12-14-22(15-13-20)21-7-2-1-3-8-21/h1-5,7-10,12-15,26,41H,6,11,16-19H2,(H,34,40)(H,37,44)(H,38,45)(H,42,43)(H2,33,35,36)/t26-/m0/s1. The van der Waals surface area contributed by atoms with E-state index in [9.17, 15) is 29.4 Å². The molecule has 2 amide bonds. The molecule has 0 radical (unpaired) electrons. The van der Waals surface area contributed by atoms with E-state index in [4.69, 9.17) is 4.74 Å². The molecule has 0 saturated carbocycles. The van der Waals surface area contributed by atoms with Crippen LogP contribution in [0.25, 0.3) is 22.2 Å². The predicted molar refractivity (Wildman–Crippen MR) is 169 cm³/mol. The molecule has 0 aliphatic carbocycles. The Morgan fingerprint density at radius 2 is 1.65 bits per heavy atom.